The highest BCUT2D eigenvalue weighted by Crippen LogP contribution is 2.43. The molecule has 12 nitrogen and oxygen atoms in total. The second-order valence-electron chi connectivity index (χ2n) is 14.0. The van der Waals surface area contributed by atoms with E-state index in [9.17, 15) is 14.4 Å². The maximum atomic E-state index is 13.6. The number of Topliss-reactive ketones (excluding diaryl/α,β-unsaturated/α-hetero) is 1. The molecule has 0 aliphatic carbocycles. The molecule has 0 radical (unpaired) electrons. The van der Waals surface area contributed by atoms with Crippen molar-refractivity contribution in [2.45, 2.75) is 128 Å². The summed E-state index contributed by atoms with van der Waals surface area (Å²) in [5, 5.41) is 3.10. The molecule has 4 fully saturated rings. The zero-order chi connectivity index (χ0) is 32.7. The third-order valence-electron chi connectivity index (χ3n) is 10.5. The Bertz CT molecular complexity index is 1050. The van der Waals surface area contributed by atoms with Gasteiger partial charge in [-0.15, -0.1) is 0 Å². The van der Waals surface area contributed by atoms with E-state index in [4.69, 9.17) is 33.9 Å². The highest BCUT2D eigenvalue weighted by Gasteiger charge is 2.66. The van der Waals surface area contributed by atoms with Gasteiger partial charge in [-0.3, -0.25) is 14.9 Å². The first-order valence-electron chi connectivity index (χ1n) is 16.0. The van der Waals surface area contributed by atoms with Crippen LogP contribution >= 0.6 is 9.47 Å². The smallest absolute Gasteiger partial charge is 0.341 e. The Morgan fingerprint density at radius 1 is 0.955 bits per heavy atom. The molecule has 16 atom stereocenters. The molecular formula is C31H54N3O9P. The summed E-state index contributed by atoms with van der Waals surface area (Å²) in [6.07, 6.45) is -2.19. The summed E-state index contributed by atoms with van der Waals surface area (Å²) in [5.74, 6) is -1.79. The number of hydrogen-bond donors (Lipinski definition) is 2. The largest absolute Gasteiger partial charge is 0.462 e. The van der Waals surface area contributed by atoms with E-state index in [1.807, 2.05) is 41.8 Å². The molecule has 4 saturated heterocycles. The lowest BCUT2D eigenvalue weighted by Gasteiger charge is -2.49. The molecule has 0 spiro atoms. The number of cyclic esters (lactones) is 1. The SMILES string of the molecule is CO[C@@H]1[C@@H](OC2OC(C)C(C)C(N(C)C)C2OP)[C@@H](C)C[C@@H](C)C(=O)C[C@H]2N[C@@]3(N)C(=O)O[C@@H](C[C@@H](C)OC(=O)C[C@H]1C)[C@H]23. The highest BCUT2D eigenvalue weighted by molar-refractivity contribution is 7.09. The lowest BCUT2D eigenvalue weighted by molar-refractivity contribution is -0.292. The topological polar surface area (TPSA) is 148 Å². The lowest BCUT2D eigenvalue weighted by Crippen LogP contribution is -2.78. The zero-order valence-corrected chi connectivity index (χ0v) is 28.8. The van der Waals surface area contributed by atoms with Gasteiger partial charge in [0.25, 0.3) is 0 Å². The van der Waals surface area contributed by atoms with Gasteiger partial charge in [-0.25, -0.2) is 4.79 Å². The van der Waals surface area contributed by atoms with Crippen molar-refractivity contribution in [3.05, 3.63) is 0 Å². The number of likely N-dealkylation sites (N-methyl/N-ethyl adjacent to an activating group) is 1. The van der Waals surface area contributed by atoms with Crippen molar-refractivity contribution in [3.8, 4) is 0 Å². The second kappa shape index (κ2) is 14.3. The number of esters is 2. The molecule has 13 heteroatoms. The number of carbonyl (C=O) groups excluding carboxylic acids is 3. The van der Waals surface area contributed by atoms with Gasteiger partial charge in [-0.2, -0.15) is 0 Å². The van der Waals surface area contributed by atoms with Crippen LogP contribution in [0.2, 0.25) is 0 Å². The average molecular weight is 644 g/mol. The standard InChI is InChI=1S/C31H54N3O9P/c1-14-10-15(2)27(42-29-28(43-44)25(34(7)8)18(5)19(6)40-29)26(38-9)16(3)11-23(36)39-17(4)12-22-24-20(13-21(14)35)33-31(24,32)30(37)41-22/h14-20,22,24-29,33H,10-13,32,44H2,1-9H3/t14-,15+,16-,17-,18?,19?,20-,22+,24+,25?,26+,27+,28?,29?,31-/m1/s1. The van der Waals surface area contributed by atoms with Crippen molar-refractivity contribution in [2.24, 2.45) is 35.3 Å². The number of rotatable bonds is 5. The minimum absolute atomic E-state index is 0.0260. The fourth-order valence-electron chi connectivity index (χ4n) is 7.96. The molecule has 4 heterocycles. The molecule has 0 aromatic rings. The van der Waals surface area contributed by atoms with E-state index in [1.165, 1.54) is 0 Å². The van der Waals surface area contributed by atoms with E-state index in [2.05, 4.69) is 26.6 Å². The number of ketones is 1. The van der Waals surface area contributed by atoms with Gasteiger partial charge in [0, 0.05) is 53.3 Å². The van der Waals surface area contributed by atoms with Gasteiger partial charge >= 0.3 is 11.9 Å². The number of nitrogens with zero attached hydrogens (tertiary/aromatic N) is 1. The van der Waals surface area contributed by atoms with Crippen molar-refractivity contribution >= 4 is 27.2 Å². The van der Waals surface area contributed by atoms with Gasteiger partial charge < -0.3 is 38.8 Å². The van der Waals surface area contributed by atoms with Gasteiger partial charge in [0.2, 0.25) is 0 Å². The van der Waals surface area contributed by atoms with E-state index < -0.39 is 48.4 Å². The van der Waals surface area contributed by atoms with Gasteiger partial charge in [0.1, 0.15) is 24.1 Å². The van der Waals surface area contributed by atoms with Crippen LogP contribution in [0.15, 0.2) is 0 Å². The van der Waals surface area contributed by atoms with Crippen LogP contribution in [0.1, 0.15) is 67.2 Å². The number of carbonyl (C=O) groups is 3. The molecule has 4 rings (SSSR count). The van der Waals surface area contributed by atoms with Crippen LogP contribution in [0.4, 0.5) is 0 Å². The normalized spacial score (nSPS) is 47.5. The summed E-state index contributed by atoms with van der Waals surface area (Å²) in [4.78, 5) is 41.5. The molecule has 0 saturated carbocycles. The molecule has 0 bridgehead atoms. The molecule has 0 aromatic carbocycles. The molecular weight excluding hydrogens is 589 g/mol. The predicted molar refractivity (Wildman–Crippen MR) is 165 cm³/mol. The number of methoxy groups -OCH3 is 1. The number of ether oxygens (including phenoxy) is 5. The molecule has 0 amide bonds. The average Bonchev–Trinajstić information content (AvgIpc) is 3.10. The molecule has 4 aliphatic rings. The quantitative estimate of drug-likeness (QED) is 0.334. The Hall–Kier alpha value is -1.24. The second-order valence-corrected chi connectivity index (χ2v) is 14.3. The van der Waals surface area contributed by atoms with Crippen LogP contribution in [-0.4, -0.2) is 104 Å². The maximum Gasteiger partial charge on any atom is 0.341 e. The van der Waals surface area contributed by atoms with Gasteiger partial charge in [0.15, 0.2) is 12.0 Å². The molecule has 3 N–H and O–H groups in total. The van der Waals surface area contributed by atoms with Crippen molar-refractivity contribution < 1.29 is 42.6 Å². The molecule has 0 aromatic heterocycles. The van der Waals surface area contributed by atoms with Crippen molar-refractivity contribution in [2.75, 3.05) is 21.2 Å². The van der Waals surface area contributed by atoms with Crippen LogP contribution in [0.25, 0.3) is 0 Å². The highest BCUT2D eigenvalue weighted by atomic mass is 31.0. The number of nitrogens with one attached hydrogen (secondary N) is 1. The minimum Gasteiger partial charge on any atom is -0.462 e. The Labute approximate surface area is 264 Å². The summed E-state index contributed by atoms with van der Waals surface area (Å²) >= 11 is 0. The van der Waals surface area contributed by atoms with E-state index in [0.717, 1.165) is 0 Å². The molecule has 6 unspecified atom stereocenters. The lowest BCUT2D eigenvalue weighted by atomic mass is 9.71. The number of nitrogens with two attached hydrogens (primary N) is 1. The zero-order valence-electron chi connectivity index (χ0n) is 27.7. The summed E-state index contributed by atoms with van der Waals surface area (Å²) in [6.45, 7) is 11.8. The van der Waals surface area contributed by atoms with Crippen LogP contribution in [0.3, 0.4) is 0 Å². The monoisotopic (exact) mass is 643 g/mol. The Balaban J connectivity index is 1.62. The first kappa shape index (κ1) is 35.6. The number of hydrogen-bond acceptors (Lipinski definition) is 12. The first-order valence-corrected chi connectivity index (χ1v) is 16.4. The van der Waals surface area contributed by atoms with Crippen LogP contribution in [-0.2, 0) is 42.6 Å². The van der Waals surface area contributed by atoms with Gasteiger partial charge in [0.05, 0.1) is 30.7 Å². The summed E-state index contributed by atoms with van der Waals surface area (Å²) in [7, 11) is 8.01. The molecule has 252 valence electrons. The van der Waals surface area contributed by atoms with Crippen LogP contribution in [0, 0.1) is 29.6 Å². The van der Waals surface area contributed by atoms with Crippen molar-refractivity contribution in [1.82, 2.24) is 10.2 Å². The van der Waals surface area contributed by atoms with Crippen LogP contribution in [0.5, 0.6) is 0 Å². The van der Waals surface area contributed by atoms with E-state index in [-0.39, 0.29) is 72.4 Å². The molecule has 4 aliphatic heterocycles. The van der Waals surface area contributed by atoms with Gasteiger partial charge in [-0.05, 0) is 46.2 Å². The van der Waals surface area contributed by atoms with Crippen molar-refractivity contribution in [1.29, 1.82) is 0 Å². The Morgan fingerprint density at radius 2 is 1.64 bits per heavy atom. The van der Waals surface area contributed by atoms with Gasteiger partial charge in [-0.1, -0.05) is 27.7 Å². The third kappa shape index (κ3) is 7.03. The van der Waals surface area contributed by atoms with Crippen molar-refractivity contribution in [3.63, 3.8) is 0 Å². The summed E-state index contributed by atoms with van der Waals surface area (Å²) in [5.41, 5.74) is 5.04. The van der Waals surface area contributed by atoms with E-state index in [0.29, 0.717) is 12.8 Å². The van der Waals surface area contributed by atoms with E-state index >= 15 is 0 Å². The predicted octanol–water partition coefficient (Wildman–Crippen LogP) is 2.02. The third-order valence-corrected chi connectivity index (χ3v) is 10.8. The minimum atomic E-state index is -1.32. The van der Waals surface area contributed by atoms with E-state index in [1.54, 1.807) is 14.0 Å². The van der Waals surface area contributed by atoms with Crippen LogP contribution < -0.4 is 11.1 Å². The summed E-state index contributed by atoms with van der Waals surface area (Å²) < 4.78 is 36.6. The Kier molecular flexibility index (Phi) is 11.5. The fraction of sp³-hybridized carbons (Fsp3) is 0.903. The maximum absolute atomic E-state index is 13.6. The Morgan fingerprint density at radius 3 is 2.25 bits per heavy atom. The first-order chi connectivity index (χ1) is 20.6. The summed E-state index contributed by atoms with van der Waals surface area (Å²) in [6, 6.07) is -0.281. The molecule has 44 heavy (non-hydrogen) atoms. The fourth-order valence-corrected chi connectivity index (χ4v) is 8.25.